The molecule has 0 radical (unpaired) electrons. The zero-order chi connectivity index (χ0) is 14.7. The summed E-state index contributed by atoms with van der Waals surface area (Å²) in [4.78, 5) is 19.8. The van der Waals surface area contributed by atoms with Crippen LogP contribution in [0.2, 0.25) is 0 Å². The van der Waals surface area contributed by atoms with Crippen LogP contribution in [0.25, 0.3) is 10.9 Å². The normalized spacial score (nSPS) is 16.0. The van der Waals surface area contributed by atoms with Crippen LogP contribution in [0.15, 0.2) is 35.6 Å². The second kappa shape index (κ2) is 6.41. The lowest BCUT2D eigenvalue weighted by atomic mass is 10.2. The van der Waals surface area contributed by atoms with E-state index >= 15 is 0 Å². The number of carbonyl (C=O) groups is 1. The Kier molecular flexibility index (Phi) is 4.36. The van der Waals surface area contributed by atoms with Crippen LogP contribution in [-0.2, 0) is 4.79 Å². The number of carboxylic acid groups (broad SMARTS) is 1. The third-order valence-electron chi connectivity index (χ3n) is 3.46. The van der Waals surface area contributed by atoms with Crippen molar-refractivity contribution in [3.8, 4) is 0 Å². The first-order valence-corrected chi connectivity index (χ1v) is 8.04. The highest BCUT2D eigenvalue weighted by atomic mass is 32.2. The first-order valence-electron chi connectivity index (χ1n) is 7.05. The number of fused-ring (bicyclic) bond motifs is 1. The van der Waals surface area contributed by atoms with Crippen molar-refractivity contribution in [1.82, 2.24) is 15.3 Å². The first-order chi connectivity index (χ1) is 10.2. The molecule has 0 bridgehead atoms. The summed E-state index contributed by atoms with van der Waals surface area (Å²) in [5.74, 6) is -0.0485. The molecule has 21 heavy (non-hydrogen) atoms. The Hall–Kier alpha value is -1.66. The molecule has 1 atom stereocenters. The zero-order valence-electron chi connectivity index (χ0n) is 11.5. The number of carboxylic acids is 1. The van der Waals surface area contributed by atoms with Gasteiger partial charge in [0.15, 0.2) is 0 Å². The number of aromatic nitrogens is 2. The number of hydrogen-bond donors (Lipinski definition) is 2. The van der Waals surface area contributed by atoms with E-state index in [-0.39, 0.29) is 0 Å². The van der Waals surface area contributed by atoms with Gasteiger partial charge < -0.3 is 10.4 Å². The van der Waals surface area contributed by atoms with Crippen LogP contribution in [0.5, 0.6) is 0 Å². The van der Waals surface area contributed by atoms with Crippen LogP contribution >= 0.6 is 11.8 Å². The number of rotatable bonds is 7. The summed E-state index contributed by atoms with van der Waals surface area (Å²) in [7, 11) is 0. The van der Waals surface area contributed by atoms with Gasteiger partial charge in [0, 0.05) is 17.2 Å². The van der Waals surface area contributed by atoms with Crippen molar-refractivity contribution in [2.45, 2.75) is 36.4 Å². The number of thioether (sulfide) groups is 1. The van der Waals surface area contributed by atoms with E-state index in [4.69, 9.17) is 0 Å². The number of nitrogens with one attached hydrogen (secondary N) is 1. The zero-order valence-corrected chi connectivity index (χ0v) is 12.3. The number of aliphatic carboxylic acids is 1. The van der Waals surface area contributed by atoms with Gasteiger partial charge in [-0.05, 0) is 25.3 Å². The molecule has 0 aliphatic heterocycles. The second-order valence-corrected chi connectivity index (χ2v) is 6.25. The minimum atomic E-state index is -0.768. The van der Waals surface area contributed by atoms with E-state index in [1.165, 1.54) is 0 Å². The fourth-order valence-corrected chi connectivity index (χ4v) is 3.18. The van der Waals surface area contributed by atoms with Gasteiger partial charge in [0.25, 0.3) is 0 Å². The molecule has 1 unspecified atom stereocenters. The van der Waals surface area contributed by atoms with Gasteiger partial charge in [0.2, 0.25) is 0 Å². The van der Waals surface area contributed by atoms with Crippen LogP contribution in [0.4, 0.5) is 0 Å². The highest BCUT2D eigenvalue weighted by molar-refractivity contribution is 7.99. The molecule has 1 saturated carbocycles. The van der Waals surface area contributed by atoms with Gasteiger partial charge in [-0.25, -0.2) is 9.97 Å². The van der Waals surface area contributed by atoms with Crippen molar-refractivity contribution < 1.29 is 9.90 Å². The predicted octanol–water partition coefficient (Wildman–Crippen LogP) is 2.32. The molecule has 6 heteroatoms. The van der Waals surface area contributed by atoms with Gasteiger partial charge in [-0.2, -0.15) is 0 Å². The van der Waals surface area contributed by atoms with E-state index in [2.05, 4.69) is 15.3 Å². The van der Waals surface area contributed by atoms with Gasteiger partial charge in [-0.1, -0.05) is 18.2 Å². The van der Waals surface area contributed by atoms with Crippen LogP contribution in [-0.4, -0.2) is 38.9 Å². The standard InChI is InChI=1S/C15H17N3O2S/c19-15(20)13(18-10-5-6-10)7-8-21-14-11-3-1-2-4-12(11)16-9-17-14/h1-4,9-10,13,18H,5-8H2,(H,19,20). The lowest BCUT2D eigenvalue weighted by Gasteiger charge is -2.13. The monoisotopic (exact) mass is 303 g/mol. The maximum absolute atomic E-state index is 11.2. The van der Waals surface area contributed by atoms with Crippen molar-refractivity contribution >= 4 is 28.6 Å². The molecule has 2 aromatic rings. The molecule has 1 aliphatic rings. The summed E-state index contributed by atoms with van der Waals surface area (Å²) < 4.78 is 0. The molecule has 1 fully saturated rings. The Bertz CT molecular complexity index is 640. The lowest BCUT2D eigenvalue weighted by Crippen LogP contribution is -2.38. The fraction of sp³-hybridized carbons (Fsp3) is 0.400. The van der Waals surface area contributed by atoms with Crippen LogP contribution in [0.1, 0.15) is 19.3 Å². The fourth-order valence-electron chi connectivity index (χ4n) is 2.18. The number of benzene rings is 1. The van der Waals surface area contributed by atoms with E-state index in [1.54, 1.807) is 18.1 Å². The van der Waals surface area contributed by atoms with E-state index in [0.717, 1.165) is 34.5 Å². The van der Waals surface area contributed by atoms with Crippen molar-refractivity contribution in [3.63, 3.8) is 0 Å². The van der Waals surface area contributed by atoms with Crippen LogP contribution in [0.3, 0.4) is 0 Å². The topological polar surface area (TPSA) is 75.1 Å². The number of nitrogens with zero attached hydrogens (tertiary/aromatic N) is 2. The van der Waals surface area contributed by atoms with Crippen molar-refractivity contribution in [3.05, 3.63) is 30.6 Å². The average molecular weight is 303 g/mol. The quantitative estimate of drug-likeness (QED) is 0.604. The Morgan fingerprint density at radius 2 is 2.19 bits per heavy atom. The van der Waals surface area contributed by atoms with E-state index in [9.17, 15) is 9.90 Å². The minimum absolute atomic E-state index is 0.399. The van der Waals surface area contributed by atoms with Crippen LogP contribution < -0.4 is 5.32 Å². The summed E-state index contributed by atoms with van der Waals surface area (Å²) in [5, 5.41) is 14.3. The van der Waals surface area contributed by atoms with Gasteiger partial charge in [-0.3, -0.25) is 4.79 Å². The second-order valence-electron chi connectivity index (χ2n) is 5.16. The van der Waals surface area contributed by atoms with Gasteiger partial charge in [0.05, 0.1) is 5.52 Å². The van der Waals surface area contributed by atoms with Crippen molar-refractivity contribution in [2.75, 3.05) is 5.75 Å². The van der Waals surface area contributed by atoms with E-state index in [0.29, 0.717) is 12.5 Å². The lowest BCUT2D eigenvalue weighted by molar-refractivity contribution is -0.139. The molecule has 1 aliphatic carbocycles. The summed E-state index contributed by atoms with van der Waals surface area (Å²) in [6.07, 6.45) is 4.33. The highest BCUT2D eigenvalue weighted by Gasteiger charge is 2.27. The van der Waals surface area contributed by atoms with Crippen molar-refractivity contribution in [2.24, 2.45) is 0 Å². The first kappa shape index (κ1) is 14.3. The molecule has 3 rings (SSSR count). The molecule has 1 aromatic heterocycles. The molecule has 0 saturated heterocycles. The Balaban J connectivity index is 1.61. The molecule has 0 amide bonds. The maximum Gasteiger partial charge on any atom is 0.320 e. The largest absolute Gasteiger partial charge is 0.480 e. The smallest absolute Gasteiger partial charge is 0.320 e. The third kappa shape index (κ3) is 3.71. The Labute approximate surface area is 127 Å². The molecule has 5 nitrogen and oxygen atoms in total. The summed E-state index contributed by atoms with van der Waals surface area (Å²) in [5.41, 5.74) is 0.917. The molecule has 2 N–H and O–H groups in total. The SMILES string of the molecule is O=C(O)C(CCSc1ncnc2ccccc12)NC1CC1. The maximum atomic E-state index is 11.2. The average Bonchev–Trinajstić information content (AvgIpc) is 3.30. The molecular weight excluding hydrogens is 286 g/mol. The Morgan fingerprint density at radius 3 is 2.95 bits per heavy atom. The number of para-hydroxylation sites is 1. The number of hydrogen-bond acceptors (Lipinski definition) is 5. The van der Waals surface area contributed by atoms with Crippen LogP contribution in [0, 0.1) is 0 Å². The summed E-state index contributed by atoms with van der Waals surface area (Å²) >= 11 is 1.59. The molecule has 1 aromatic carbocycles. The summed E-state index contributed by atoms with van der Waals surface area (Å²) in [6, 6.07) is 7.80. The highest BCUT2D eigenvalue weighted by Crippen LogP contribution is 2.25. The minimum Gasteiger partial charge on any atom is -0.480 e. The molecule has 1 heterocycles. The van der Waals surface area contributed by atoms with Crippen molar-refractivity contribution in [1.29, 1.82) is 0 Å². The van der Waals surface area contributed by atoms with Gasteiger partial charge in [0.1, 0.15) is 17.4 Å². The molecule has 0 spiro atoms. The predicted molar refractivity (Wildman–Crippen MR) is 82.5 cm³/mol. The molecular formula is C15H17N3O2S. The Morgan fingerprint density at radius 1 is 1.38 bits per heavy atom. The third-order valence-corrected chi connectivity index (χ3v) is 4.50. The van der Waals surface area contributed by atoms with E-state index < -0.39 is 12.0 Å². The summed E-state index contributed by atoms with van der Waals surface area (Å²) in [6.45, 7) is 0. The van der Waals surface area contributed by atoms with E-state index in [1.807, 2.05) is 24.3 Å². The van der Waals surface area contributed by atoms with Gasteiger partial charge >= 0.3 is 5.97 Å². The van der Waals surface area contributed by atoms with Gasteiger partial charge in [-0.15, -0.1) is 11.8 Å². The molecule has 110 valence electrons.